The Morgan fingerprint density at radius 1 is 1.14 bits per heavy atom. The van der Waals surface area contributed by atoms with E-state index in [1.54, 1.807) is 6.07 Å². The van der Waals surface area contributed by atoms with E-state index in [1.807, 2.05) is 43.3 Å². The second kappa shape index (κ2) is 7.58. The predicted molar refractivity (Wildman–Crippen MR) is 90.7 cm³/mol. The first-order valence-electron chi connectivity index (χ1n) is 7.05. The van der Waals surface area contributed by atoms with Gasteiger partial charge in [-0.25, -0.2) is 0 Å². The Hall–Kier alpha value is -1.38. The molecule has 0 aromatic heterocycles. The summed E-state index contributed by atoms with van der Waals surface area (Å²) >= 11 is 12.3. The van der Waals surface area contributed by atoms with E-state index in [2.05, 4.69) is 12.2 Å². The van der Waals surface area contributed by atoms with Crippen molar-refractivity contribution in [3.63, 3.8) is 0 Å². The van der Waals surface area contributed by atoms with E-state index < -0.39 is 0 Å². The average Bonchev–Trinajstić information content (AvgIpc) is 2.48. The highest BCUT2D eigenvalue weighted by molar-refractivity contribution is 6.33. The highest BCUT2D eigenvalue weighted by Gasteiger charge is 2.12. The van der Waals surface area contributed by atoms with Crippen molar-refractivity contribution >= 4 is 28.9 Å². The minimum Gasteiger partial charge on any atom is -0.491 e. The second-order valence-electron chi connectivity index (χ2n) is 4.88. The van der Waals surface area contributed by atoms with Gasteiger partial charge < -0.3 is 10.1 Å². The lowest BCUT2D eigenvalue weighted by molar-refractivity contribution is 0.318. The molecular formula is C17H19Cl2NO. The van der Waals surface area contributed by atoms with Crippen LogP contribution in [0.2, 0.25) is 10.0 Å². The fraction of sp³-hybridized carbons (Fsp3) is 0.294. The van der Waals surface area contributed by atoms with Crippen LogP contribution in [0.5, 0.6) is 5.75 Å². The van der Waals surface area contributed by atoms with Crippen molar-refractivity contribution < 1.29 is 4.74 Å². The fourth-order valence-corrected chi connectivity index (χ4v) is 2.54. The monoisotopic (exact) mass is 323 g/mol. The quantitative estimate of drug-likeness (QED) is 0.708. The van der Waals surface area contributed by atoms with Crippen LogP contribution in [-0.2, 0) is 0 Å². The molecule has 0 fully saturated rings. The molecule has 0 saturated heterocycles. The van der Waals surface area contributed by atoms with E-state index in [0.717, 1.165) is 23.4 Å². The molecule has 1 atom stereocenters. The molecule has 1 unspecified atom stereocenters. The molecule has 0 spiro atoms. The summed E-state index contributed by atoms with van der Waals surface area (Å²) in [4.78, 5) is 0. The van der Waals surface area contributed by atoms with E-state index in [1.165, 1.54) is 0 Å². The molecule has 2 aromatic carbocycles. The molecule has 112 valence electrons. The van der Waals surface area contributed by atoms with Gasteiger partial charge in [-0.3, -0.25) is 0 Å². The zero-order valence-corrected chi connectivity index (χ0v) is 13.7. The van der Waals surface area contributed by atoms with E-state index in [4.69, 9.17) is 27.9 Å². The van der Waals surface area contributed by atoms with E-state index in [0.29, 0.717) is 16.7 Å². The number of para-hydroxylation sites is 2. The van der Waals surface area contributed by atoms with E-state index in [9.17, 15) is 0 Å². The highest BCUT2D eigenvalue weighted by Crippen LogP contribution is 2.32. The standard InChI is InChI=1S/C17H19Cl2NO/c1-3-10-21-17-7-5-4-6-16(17)20-12(2)14-11-13(18)8-9-15(14)19/h4-9,11-12,20H,3,10H2,1-2H3. The van der Waals surface area contributed by atoms with Crippen LogP contribution in [0, 0.1) is 0 Å². The summed E-state index contributed by atoms with van der Waals surface area (Å²) in [6.07, 6.45) is 0.976. The van der Waals surface area contributed by atoms with Crippen LogP contribution >= 0.6 is 23.2 Å². The van der Waals surface area contributed by atoms with Crippen LogP contribution in [0.25, 0.3) is 0 Å². The van der Waals surface area contributed by atoms with Gasteiger partial charge in [-0.1, -0.05) is 42.3 Å². The molecule has 0 amide bonds. The zero-order valence-electron chi connectivity index (χ0n) is 12.2. The lowest BCUT2D eigenvalue weighted by Gasteiger charge is -2.19. The van der Waals surface area contributed by atoms with Crippen molar-refractivity contribution in [2.75, 3.05) is 11.9 Å². The Labute approximate surface area is 136 Å². The summed E-state index contributed by atoms with van der Waals surface area (Å²) < 4.78 is 5.76. The van der Waals surface area contributed by atoms with Gasteiger partial charge in [-0.05, 0) is 49.2 Å². The van der Waals surface area contributed by atoms with Gasteiger partial charge in [-0.2, -0.15) is 0 Å². The summed E-state index contributed by atoms with van der Waals surface area (Å²) in [6.45, 7) is 4.84. The summed E-state index contributed by atoms with van der Waals surface area (Å²) in [6, 6.07) is 13.4. The number of hydrogen-bond donors (Lipinski definition) is 1. The third-order valence-electron chi connectivity index (χ3n) is 3.15. The molecule has 21 heavy (non-hydrogen) atoms. The minimum atomic E-state index is 0.0302. The predicted octanol–water partition coefficient (Wildman–Crippen LogP) is 5.96. The van der Waals surface area contributed by atoms with Crippen LogP contribution in [0.15, 0.2) is 42.5 Å². The minimum absolute atomic E-state index is 0.0302. The first-order valence-corrected chi connectivity index (χ1v) is 7.80. The number of benzene rings is 2. The van der Waals surface area contributed by atoms with Gasteiger partial charge >= 0.3 is 0 Å². The van der Waals surface area contributed by atoms with Gasteiger partial charge in [0.2, 0.25) is 0 Å². The van der Waals surface area contributed by atoms with Crippen molar-refractivity contribution in [1.29, 1.82) is 0 Å². The Kier molecular flexibility index (Phi) is 5.77. The van der Waals surface area contributed by atoms with Crippen LogP contribution < -0.4 is 10.1 Å². The number of ether oxygens (including phenoxy) is 1. The first-order chi connectivity index (χ1) is 10.1. The molecule has 1 N–H and O–H groups in total. The Bertz CT molecular complexity index is 601. The smallest absolute Gasteiger partial charge is 0.142 e. The molecule has 0 heterocycles. The molecule has 2 aromatic rings. The van der Waals surface area contributed by atoms with E-state index >= 15 is 0 Å². The fourth-order valence-electron chi connectivity index (χ4n) is 2.08. The molecule has 0 aliphatic rings. The summed E-state index contributed by atoms with van der Waals surface area (Å²) in [5.74, 6) is 0.851. The van der Waals surface area contributed by atoms with Gasteiger partial charge in [0.15, 0.2) is 0 Å². The van der Waals surface area contributed by atoms with Crippen molar-refractivity contribution in [3.8, 4) is 5.75 Å². The normalized spacial score (nSPS) is 12.0. The zero-order chi connectivity index (χ0) is 15.2. The molecule has 0 aliphatic carbocycles. The largest absolute Gasteiger partial charge is 0.491 e. The number of rotatable bonds is 6. The lowest BCUT2D eigenvalue weighted by Crippen LogP contribution is -2.09. The van der Waals surface area contributed by atoms with Gasteiger partial charge in [0, 0.05) is 10.0 Å². The number of halogens is 2. The molecular weight excluding hydrogens is 305 g/mol. The first kappa shape index (κ1) is 16.0. The van der Waals surface area contributed by atoms with Crippen molar-refractivity contribution in [2.24, 2.45) is 0 Å². The molecule has 2 rings (SSSR count). The molecule has 0 aliphatic heterocycles. The topological polar surface area (TPSA) is 21.3 Å². The van der Waals surface area contributed by atoms with Crippen LogP contribution in [0.1, 0.15) is 31.9 Å². The average molecular weight is 324 g/mol. The Morgan fingerprint density at radius 2 is 1.90 bits per heavy atom. The highest BCUT2D eigenvalue weighted by atomic mass is 35.5. The SMILES string of the molecule is CCCOc1ccccc1NC(C)c1cc(Cl)ccc1Cl. The third kappa shape index (κ3) is 4.29. The maximum atomic E-state index is 6.25. The summed E-state index contributed by atoms with van der Waals surface area (Å²) in [5.41, 5.74) is 1.92. The summed E-state index contributed by atoms with van der Waals surface area (Å²) in [5, 5.41) is 4.82. The number of nitrogens with one attached hydrogen (secondary N) is 1. The maximum Gasteiger partial charge on any atom is 0.142 e. The lowest BCUT2D eigenvalue weighted by atomic mass is 10.1. The van der Waals surface area contributed by atoms with Crippen LogP contribution in [0.3, 0.4) is 0 Å². The molecule has 0 saturated carbocycles. The van der Waals surface area contributed by atoms with E-state index in [-0.39, 0.29) is 6.04 Å². The molecule has 2 nitrogen and oxygen atoms in total. The third-order valence-corrected chi connectivity index (χ3v) is 3.72. The number of hydrogen-bond acceptors (Lipinski definition) is 2. The second-order valence-corrected chi connectivity index (χ2v) is 5.72. The van der Waals surface area contributed by atoms with Gasteiger partial charge in [0.05, 0.1) is 18.3 Å². The Balaban J connectivity index is 2.19. The number of anilines is 1. The van der Waals surface area contributed by atoms with Crippen LogP contribution in [0.4, 0.5) is 5.69 Å². The Morgan fingerprint density at radius 3 is 2.67 bits per heavy atom. The molecule has 0 bridgehead atoms. The molecule has 0 radical (unpaired) electrons. The molecule has 4 heteroatoms. The van der Waals surface area contributed by atoms with Crippen molar-refractivity contribution in [3.05, 3.63) is 58.1 Å². The summed E-state index contributed by atoms with van der Waals surface area (Å²) in [7, 11) is 0. The van der Waals surface area contributed by atoms with Gasteiger partial charge in [0.1, 0.15) is 5.75 Å². The van der Waals surface area contributed by atoms with Gasteiger partial charge in [-0.15, -0.1) is 0 Å². The van der Waals surface area contributed by atoms with Crippen molar-refractivity contribution in [2.45, 2.75) is 26.3 Å². The van der Waals surface area contributed by atoms with Gasteiger partial charge in [0.25, 0.3) is 0 Å². The van der Waals surface area contributed by atoms with Crippen LogP contribution in [-0.4, -0.2) is 6.61 Å². The maximum absolute atomic E-state index is 6.25. The van der Waals surface area contributed by atoms with Crippen molar-refractivity contribution in [1.82, 2.24) is 0 Å².